The molecule has 2 aromatic rings. The van der Waals surface area contributed by atoms with Crippen molar-refractivity contribution in [1.29, 1.82) is 0 Å². The highest BCUT2D eigenvalue weighted by Gasteiger charge is 2.21. The summed E-state index contributed by atoms with van der Waals surface area (Å²) in [6.07, 6.45) is 2.42. The van der Waals surface area contributed by atoms with Gasteiger partial charge in [-0.15, -0.1) is 0 Å². The number of benzene rings is 1. The lowest BCUT2D eigenvalue weighted by Gasteiger charge is -2.31. The first kappa shape index (κ1) is 16.5. The van der Waals surface area contributed by atoms with Crippen molar-refractivity contribution in [1.82, 2.24) is 9.55 Å². The summed E-state index contributed by atoms with van der Waals surface area (Å²) < 4.78 is 15.0. The van der Waals surface area contributed by atoms with Crippen LogP contribution in [-0.4, -0.2) is 28.5 Å². The predicted molar refractivity (Wildman–Crippen MR) is 94.9 cm³/mol. The van der Waals surface area contributed by atoms with Crippen LogP contribution in [0.4, 0.5) is 16.0 Å². The fourth-order valence-electron chi connectivity index (χ4n) is 3.31. The molecule has 1 aliphatic rings. The van der Waals surface area contributed by atoms with E-state index in [1.165, 1.54) is 12.8 Å². The summed E-state index contributed by atoms with van der Waals surface area (Å²) in [7, 11) is 2.01. The van der Waals surface area contributed by atoms with Crippen LogP contribution in [0.3, 0.4) is 0 Å². The maximum absolute atomic E-state index is 12.9. The molecule has 1 N–H and O–H groups in total. The van der Waals surface area contributed by atoms with Gasteiger partial charge in [0.15, 0.2) is 5.83 Å². The van der Waals surface area contributed by atoms with E-state index in [1.54, 1.807) is 6.07 Å². The van der Waals surface area contributed by atoms with E-state index in [-0.39, 0.29) is 0 Å². The zero-order valence-corrected chi connectivity index (χ0v) is 14.4. The average Bonchev–Trinajstić information content (AvgIpc) is 2.84. The Morgan fingerprint density at radius 2 is 2.21 bits per heavy atom. The minimum absolute atomic E-state index is 0.558. The van der Waals surface area contributed by atoms with Crippen molar-refractivity contribution >= 4 is 28.6 Å². The third kappa shape index (κ3) is 3.00. The Labute approximate surface area is 141 Å². The number of aryl methyl sites for hydroxylation is 2. The minimum atomic E-state index is -1.00. The molecule has 0 bridgehead atoms. The van der Waals surface area contributed by atoms with Crippen molar-refractivity contribution in [3.8, 4) is 0 Å². The third-order valence-electron chi connectivity index (χ3n) is 4.64. The van der Waals surface area contributed by atoms with Crippen LogP contribution in [0.5, 0.6) is 0 Å². The number of anilines is 2. The Bertz CT molecular complexity index is 811. The van der Waals surface area contributed by atoms with Gasteiger partial charge in [-0.05, 0) is 43.4 Å². The van der Waals surface area contributed by atoms with Gasteiger partial charge in [0, 0.05) is 25.8 Å². The Hall–Kier alpha value is -2.37. The number of piperidine rings is 1. The molecule has 1 saturated heterocycles. The van der Waals surface area contributed by atoms with Gasteiger partial charge in [-0.2, -0.15) is 0 Å². The second-order valence-electron chi connectivity index (χ2n) is 6.68. The molecule has 0 saturated carbocycles. The fraction of sp³-hybridized carbons (Fsp3) is 0.444. The Kier molecular flexibility index (Phi) is 4.30. The SMILES string of the molecule is C=C(F)C(=O)Nc1cc2nc(N3CCC[C@@H](C)C3)n(C)c2cc1C. The van der Waals surface area contributed by atoms with E-state index in [4.69, 9.17) is 4.98 Å². The molecule has 0 aliphatic carbocycles. The number of aromatic nitrogens is 2. The standard InChI is InChI=1S/C18H23FN4O/c1-11-6-5-7-23(10-11)18-21-15-9-14(20-17(24)13(3)19)12(2)8-16(15)22(18)4/h8-9,11H,3,5-7,10H2,1-2,4H3,(H,20,24)/t11-/m1/s1. The zero-order valence-electron chi connectivity index (χ0n) is 14.4. The molecular formula is C18H23FN4O. The van der Waals surface area contributed by atoms with Crippen LogP contribution in [0.1, 0.15) is 25.3 Å². The third-order valence-corrected chi connectivity index (χ3v) is 4.64. The van der Waals surface area contributed by atoms with Crippen molar-refractivity contribution in [2.75, 3.05) is 23.3 Å². The normalized spacial score (nSPS) is 18.0. The summed E-state index contributed by atoms with van der Waals surface area (Å²) in [4.78, 5) is 18.6. The molecule has 1 aliphatic heterocycles. The van der Waals surface area contributed by atoms with E-state index in [1.807, 2.05) is 20.0 Å². The van der Waals surface area contributed by atoms with Crippen LogP contribution in [-0.2, 0) is 11.8 Å². The molecule has 1 aromatic carbocycles. The Morgan fingerprint density at radius 1 is 1.46 bits per heavy atom. The molecule has 5 nitrogen and oxygen atoms in total. The Morgan fingerprint density at radius 3 is 2.88 bits per heavy atom. The van der Waals surface area contributed by atoms with Crippen LogP contribution in [0.25, 0.3) is 11.0 Å². The first-order valence-corrected chi connectivity index (χ1v) is 8.24. The number of hydrogen-bond acceptors (Lipinski definition) is 3. The molecular weight excluding hydrogens is 307 g/mol. The maximum atomic E-state index is 12.9. The number of fused-ring (bicyclic) bond motifs is 1. The molecule has 3 rings (SSSR count). The van der Waals surface area contributed by atoms with Crippen LogP contribution in [0, 0.1) is 12.8 Å². The fourth-order valence-corrected chi connectivity index (χ4v) is 3.31. The first-order chi connectivity index (χ1) is 11.4. The topological polar surface area (TPSA) is 50.2 Å². The second kappa shape index (κ2) is 6.26. The van der Waals surface area contributed by atoms with E-state index in [0.717, 1.165) is 35.6 Å². The number of nitrogens with zero attached hydrogens (tertiary/aromatic N) is 3. The monoisotopic (exact) mass is 330 g/mol. The summed E-state index contributed by atoms with van der Waals surface area (Å²) in [5.74, 6) is -0.225. The lowest BCUT2D eigenvalue weighted by Crippen LogP contribution is -2.35. The maximum Gasteiger partial charge on any atom is 0.283 e. The van der Waals surface area contributed by atoms with Gasteiger partial charge in [0.25, 0.3) is 5.91 Å². The zero-order chi connectivity index (χ0) is 17.4. The molecule has 1 fully saturated rings. The van der Waals surface area contributed by atoms with Gasteiger partial charge >= 0.3 is 0 Å². The number of carbonyl (C=O) groups excluding carboxylic acids is 1. The lowest BCUT2D eigenvalue weighted by molar-refractivity contribution is -0.114. The number of carbonyl (C=O) groups is 1. The number of nitrogens with one attached hydrogen (secondary N) is 1. The van der Waals surface area contributed by atoms with Crippen LogP contribution in [0.15, 0.2) is 24.5 Å². The van der Waals surface area contributed by atoms with Crippen molar-refractivity contribution in [2.24, 2.45) is 13.0 Å². The highest BCUT2D eigenvalue weighted by Crippen LogP contribution is 2.29. The van der Waals surface area contributed by atoms with E-state index in [9.17, 15) is 9.18 Å². The molecule has 1 amide bonds. The molecule has 1 atom stereocenters. The summed E-state index contributed by atoms with van der Waals surface area (Å²) in [5, 5.41) is 2.54. The van der Waals surface area contributed by atoms with Crippen molar-refractivity contribution in [3.63, 3.8) is 0 Å². The van der Waals surface area contributed by atoms with Crippen LogP contribution in [0.2, 0.25) is 0 Å². The van der Waals surface area contributed by atoms with E-state index in [0.29, 0.717) is 11.6 Å². The Balaban J connectivity index is 1.98. The van der Waals surface area contributed by atoms with Gasteiger partial charge < -0.3 is 14.8 Å². The van der Waals surface area contributed by atoms with Crippen molar-refractivity contribution in [2.45, 2.75) is 26.7 Å². The quantitative estimate of drug-likeness (QED) is 0.876. The van der Waals surface area contributed by atoms with Crippen molar-refractivity contribution in [3.05, 3.63) is 30.1 Å². The highest BCUT2D eigenvalue weighted by atomic mass is 19.1. The number of hydrogen-bond donors (Lipinski definition) is 1. The highest BCUT2D eigenvalue weighted by molar-refractivity contribution is 6.03. The molecule has 0 radical (unpaired) electrons. The molecule has 1 aromatic heterocycles. The van der Waals surface area contributed by atoms with Gasteiger partial charge in [-0.1, -0.05) is 13.5 Å². The second-order valence-corrected chi connectivity index (χ2v) is 6.68. The van der Waals surface area contributed by atoms with E-state index < -0.39 is 11.7 Å². The van der Waals surface area contributed by atoms with Gasteiger partial charge in [-0.3, -0.25) is 4.79 Å². The van der Waals surface area contributed by atoms with Crippen LogP contribution >= 0.6 is 0 Å². The van der Waals surface area contributed by atoms with E-state index >= 15 is 0 Å². The average molecular weight is 330 g/mol. The van der Waals surface area contributed by atoms with Gasteiger partial charge in [0.05, 0.1) is 11.0 Å². The van der Waals surface area contributed by atoms with Crippen molar-refractivity contribution < 1.29 is 9.18 Å². The van der Waals surface area contributed by atoms with Gasteiger partial charge in [0.2, 0.25) is 5.95 Å². The minimum Gasteiger partial charge on any atom is -0.342 e. The predicted octanol–water partition coefficient (Wildman–Crippen LogP) is 3.54. The number of imidazole rings is 1. The number of amides is 1. The van der Waals surface area contributed by atoms with Crippen LogP contribution < -0.4 is 10.2 Å². The van der Waals surface area contributed by atoms with Gasteiger partial charge in [-0.25, -0.2) is 9.37 Å². The summed E-state index contributed by atoms with van der Waals surface area (Å²) >= 11 is 0. The number of rotatable bonds is 3. The molecule has 24 heavy (non-hydrogen) atoms. The largest absolute Gasteiger partial charge is 0.342 e. The summed E-state index contributed by atoms with van der Waals surface area (Å²) in [6.45, 7) is 9.17. The van der Waals surface area contributed by atoms with E-state index in [2.05, 4.69) is 28.3 Å². The first-order valence-electron chi connectivity index (χ1n) is 8.24. The lowest BCUT2D eigenvalue weighted by atomic mass is 10.0. The molecule has 6 heteroatoms. The molecule has 0 spiro atoms. The molecule has 2 heterocycles. The smallest absolute Gasteiger partial charge is 0.283 e. The molecule has 0 unspecified atom stereocenters. The van der Waals surface area contributed by atoms with Gasteiger partial charge in [0.1, 0.15) is 0 Å². The number of halogens is 1. The summed E-state index contributed by atoms with van der Waals surface area (Å²) in [6, 6.07) is 3.76. The summed E-state index contributed by atoms with van der Waals surface area (Å²) in [5.41, 5.74) is 3.20. The molecule has 128 valence electrons.